The third kappa shape index (κ3) is 5.67. The van der Waals surface area contributed by atoms with Gasteiger partial charge in [-0.25, -0.2) is 0 Å². The van der Waals surface area contributed by atoms with Gasteiger partial charge < -0.3 is 15.2 Å². The van der Waals surface area contributed by atoms with E-state index in [1.807, 2.05) is 18.2 Å². The van der Waals surface area contributed by atoms with E-state index in [0.29, 0.717) is 6.54 Å². The van der Waals surface area contributed by atoms with Crippen LogP contribution in [0.3, 0.4) is 0 Å². The van der Waals surface area contributed by atoms with Gasteiger partial charge in [-0.3, -0.25) is 4.90 Å². The fourth-order valence-corrected chi connectivity index (χ4v) is 2.94. The number of hydrogen-bond acceptors (Lipinski definition) is 4. The highest BCUT2D eigenvalue weighted by atomic mass is 79.9. The Hall–Kier alpha value is -1.27. The van der Waals surface area contributed by atoms with Crippen LogP contribution in [0, 0.1) is 0 Å². The Kier molecular flexibility index (Phi) is 9.14. The maximum Gasteiger partial charge on any atom is 0.161 e. The third-order valence-corrected chi connectivity index (χ3v) is 4.38. The minimum absolute atomic E-state index is 0. The standard InChI is InChI=1S/C18H23BrN2O2.ClH/c1-22-17-10-15(16(19)11-18(17)23-2)13-21(9-8-20)12-14-6-4-3-5-7-14;/h3-7,10-11H,8-9,12-13,20H2,1-2H3;1H. The maximum atomic E-state index is 5.78. The van der Waals surface area contributed by atoms with Gasteiger partial charge in [0.05, 0.1) is 14.2 Å². The van der Waals surface area contributed by atoms with Crippen LogP contribution in [0.25, 0.3) is 0 Å². The van der Waals surface area contributed by atoms with Gasteiger partial charge in [-0.15, -0.1) is 12.4 Å². The predicted octanol–water partition coefficient (Wildman–Crippen LogP) is 3.85. The number of halogens is 2. The molecule has 0 amide bonds. The number of nitrogens with two attached hydrogens (primary N) is 1. The van der Waals surface area contributed by atoms with Gasteiger partial charge in [0.2, 0.25) is 0 Å². The van der Waals surface area contributed by atoms with Gasteiger partial charge in [-0.05, 0) is 23.3 Å². The Bertz CT molecular complexity index is 626. The molecule has 0 aliphatic carbocycles. The van der Waals surface area contributed by atoms with Crippen molar-refractivity contribution in [3.63, 3.8) is 0 Å². The van der Waals surface area contributed by atoms with Gasteiger partial charge in [0.15, 0.2) is 11.5 Å². The minimum Gasteiger partial charge on any atom is -0.493 e. The highest BCUT2D eigenvalue weighted by Crippen LogP contribution is 2.34. The number of ether oxygens (including phenoxy) is 2. The zero-order chi connectivity index (χ0) is 16.7. The summed E-state index contributed by atoms with van der Waals surface area (Å²) in [6.45, 7) is 3.10. The van der Waals surface area contributed by atoms with E-state index in [0.717, 1.165) is 41.2 Å². The first-order valence-corrected chi connectivity index (χ1v) is 8.34. The van der Waals surface area contributed by atoms with Crippen LogP contribution in [0.1, 0.15) is 11.1 Å². The summed E-state index contributed by atoms with van der Waals surface area (Å²) in [5.74, 6) is 1.45. The lowest BCUT2D eigenvalue weighted by molar-refractivity contribution is 0.263. The molecule has 0 spiro atoms. The van der Waals surface area contributed by atoms with Gasteiger partial charge in [0.1, 0.15) is 0 Å². The van der Waals surface area contributed by atoms with E-state index in [1.54, 1.807) is 14.2 Å². The average molecular weight is 416 g/mol. The van der Waals surface area contributed by atoms with E-state index in [9.17, 15) is 0 Å². The smallest absolute Gasteiger partial charge is 0.161 e. The lowest BCUT2D eigenvalue weighted by atomic mass is 10.1. The molecule has 24 heavy (non-hydrogen) atoms. The number of methoxy groups -OCH3 is 2. The molecule has 2 rings (SSSR count). The summed E-state index contributed by atoms with van der Waals surface area (Å²) >= 11 is 3.62. The van der Waals surface area contributed by atoms with Crippen LogP contribution in [0.15, 0.2) is 46.9 Å². The summed E-state index contributed by atoms with van der Waals surface area (Å²) in [7, 11) is 3.29. The molecule has 6 heteroatoms. The molecule has 0 aliphatic rings. The molecule has 2 aromatic carbocycles. The van der Waals surface area contributed by atoms with Crippen molar-refractivity contribution < 1.29 is 9.47 Å². The Morgan fingerprint density at radius 3 is 2.21 bits per heavy atom. The average Bonchev–Trinajstić information content (AvgIpc) is 2.57. The van der Waals surface area contributed by atoms with Crippen LogP contribution in [-0.4, -0.2) is 32.2 Å². The first-order chi connectivity index (χ1) is 11.2. The van der Waals surface area contributed by atoms with Crippen LogP contribution in [0.2, 0.25) is 0 Å². The summed E-state index contributed by atoms with van der Waals surface area (Å²) in [6, 6.07) is 14.4. The van der Waals surface area contributed by atoms with Crippen molar-refractivity contribution in [2.24, 2.45) is 5.73 Å². The van der Waals surface area contributed by atoms with Crippen molar-refractivity contribution in [2.45, 2.75) is 13.1 Å². The normalized spacial score (nSPS) is 10.4. The van der Waals surface area contributed by atoms with Gasteiger partial charge in [-0.1, -0.05) is 46.3 Å². The van der Waals surface area contributed by atoms with Crippen molar-refractivity contribution in [2.75, 3.05) is 27.3 Å². The van der Waals surface area contributed by atoms with Crippen molar-refractivity contribution in [1.29, 1.82) is 0 Å². The van der Waals surface area contributed by atoms with Gasteiger partial charge in [0, 0.05) is 30.7 Å². The molecular weight excluding hydrogens is 392 g/mol. The highest BCUT2D eigenvalue weighted by Gasteiger charge is 2.13. The molecule has 0 atom stereocenters. The van der Waals surface area contributed by atoms with Gasteiger partial charge in [-0.2, -0.15) is 0 Å². The van der Waals surface area contributed by atoms with E-state index in [-0.39, 0.29) is 12.4 Å². The fourth-order valence-electron chi connectivity index (χ4n) is 2.50. The predicted molar refractivity (Wildman–Crippen MR) is 104 cm³/mol. The van der Waals surface area contributed by atoms with Crippen LogP contribution in [0.4, 0.5) is 0 Å². The zero-order valence-corrected chi connectivity index (χ0v) is 16.4. The Labute approximate surface area is 158 Å². The number of nitrogens with zero attached hydrogens (tertiary/aromatic N) is 1. The van der Waals surface area contributed by atoms with Crippen molar-refractivity contribution >= 4 is 28.3 Å². The molecule has 2 aromatic rings. The highest BCUT2D eigenvalue weighted by molar-refractivity contribution is 9.10. The second-order valence-electron chi connectivity index (χ2n) is 5.28. The summed E-state index contributed by atoms with van der Waals surface area (Å²) in [4.78, 5) is 2.32. The molecule has 0 radical (unpaired) electrons. The Morgan fingerprint density at radius 1 is 1.00 bits per heavy atom. The second kappa shape index (κ2) is 10.6. The fraction of sp³-hybridized carbons (Fsp3) is 0.333. The molecule has 0 fully saturated rings. The SMILES string of the molecule is COc1cc(Br)c(CN(CCN)Cc2ccccc2)cc1OC.Cl. The molecule has 0 saturated carbocycles. The van der Waals surface area contributed by atoms with Crippen LogP contribution >= 0.6 is 28.3 Å². The van der Waals surface area contributed by atoms with Crippen LogP contribution in [-0.2, 0) is 13.1 Å². The van der Waals surface area contributed by atoms with Gasteiger partial charge in [0.25, 0.3) is 0 Å². The first kappa shape index (κ1) is 20.8. The zero-order valence-electron chi connectivity index (χ0n) is 14.0. The van der Waals surface area contributed by atoms with Crippen molar-refractivity contribution in [3.05, 3.63) is 58.1 Å². The largest absolute Gasteiger partial charge is 0.493 e. The molecule has 0 heterocycles. The number of rotatable bonds is 8. The first-order valence-electron chi connectivity index (χ1n) is 7.54. The molecular formula is C18H24BrClN2O2. The molecule has 0 aromatic heterocycles. The molecule has 2 N–H and O–H groups in total. The molecule has 4 nitrogen and oxygen atoms in total. The number of benzene rings is 2. The molecule has 132 valence electrons. The number of hydrogen-bond donors (Lipinski definition) is 1. The molecule has 0 bridgehead atoms. The Balaban J connectivity index is 0.00000288. The van der Waals surface area contributed by atoms with E-state index < -0.39 is 0 Å². The van der Waals surface area contributed by atoms with E-state index >= 15 is 0 Å². The topological polar surface area (TPSA) is 47.7 Å². The monoisotopic (exact) mass is 414 g/mol. The summed E-state index contributed by atoms with van der Waals surface area (Å²) in [6.07, 6.45) is 0. The lowest BCUT2D eigenvalue weighted by Crippen LogP contribution is -2.28. The second-order valence-corrected chi connectivity index (χ2v) is 6.14. The van der Waals surface area contributed by atoms with E-state index in [4.69, 9.17) is 15.2 Å². The summed E-state index contributed by atoms with van der Waals surface area (Å²) < 4.78 is 11.7. The van der Waals surface area contributed by atoms with Crippen molar-refractivity contribution in [1.82, 2.24) is 4.90 Å². The van der Waals surface area contributed by atoms with Crippen molar-refractivity contribution in [3.8, 4) is 11.5 Å². The minimum atomic E-state index is 0. The summed E-state index contributed by atoms with van der Waals surface area (Å²) in [5.41, 5.74) is 8.20. The molecule has 0 aliphatic heterocycles. The van der Waals surface area contributed by atoms with E-state index in [2.05, 4.69) is 45.1 Å². The molecule has 0 saturated heterocycles. The Morgan fingerprint density at radius 2 is 1.62 bits per heavy atom. The lowest BCUT2D eigenvalue weighted by Gasteiger charge is -2.23. The summed E-state index contributed by atoms with van der Waals surface area (Å²) in [5, 5.41) is 0. The van der Waals surface area contributed by atoms with Crippen LogP contribution < -0.4 is 15.2 Å². The third-order valence-electron chi connectivity index (χ3n) is 3.64. The molecule has 0 unspecified atom stereocenters. The van der Waals surface area contributed by atoms with Gasteiger partial charge >= 0.3 is 0 Å². The van der Waals surface area contributed by atoms with E-state index in [1.165, 1.54) is 5.56 Å². The maximum absolute atomic E-state index is 5.78. The quantitative estimate of drug-likeness (QED) is 0.711. The van der Waals surface area contributed by atoms with Crippen LogP contribution in [0.5, 0.6) is 11.5 Å².